The molecule has 0 amide bonds. The molecule has 86 valence electrons. The fourth-order valence-corrected chi connectivity index (χ4v) is 2.40. The van der Waals surface area contributed by atoms with E-state index in [0.29, 0.717) is 15.5 Å². The predicted octanol–water partition coefficient (Wildman–Crippen LogP) is 3.58. The van der Waals surface area contributed by atoms with Crippen molar-refractivity contribution in [1.29, 1.82) is 0 Å². The molecule has 0 fully saturated rings. The number of thiophene rings is 1. The largest absolute Gasteiger partial charge is 0.478 e. The molecule has 0 aliphatic carbocycles. The quantitative estimate of drug-likeness (QED) is 0.864. The maximum atomic E-state index is 10.9. The molecule has 1 aromatic heterocycles. The van der Waals surface area contributed by atoms with Crippen LogP contribution in [0.2, 0.25) is 5.02 Å². The van der Waals surface area contributed by atoms with Crippen molar-refractivity contribution in [3.05, 3.63) is 45.1 Å². The zero-order valence-corrected chi connectivity index (χ0v) is 10.1. The lowest BCUT2D eigenvalue weighted by molar-refractivity contribution is 0.0696. The Morgan fingerprint density at radius 1 is 1.24 bits per heavy atom. The highest BCUT2D eigenvalue weighted by Gasteiger charge is 2.09. The van der Waals surface area contributed by atoms with Crippen molar-refractivity contribution in [3.63, 3.8) is 0 Å². The summed E-state index contributed by atoms with van der Waals surface area (Å²) in [5.41, 5.74) is 1.62. The molecule has 0 saturated heterocycles. The second kappa shape index (κ2) is 4.69. The van der Waals surface area contributed by atoms with Crippen LogP contribution in [-0.2, 0) is 0 Å². The molecule has 2 aromatic rings. The van der Waals surface area contributed by atoms with E-state index in [1.807, 2.05) is 0 Å². The van der Waals surface area contributed by atoms with Gasteiger partial charge in [0.1, 0.15) is 0 Å². The fourth-order valence-electron chi connectivity index (χ4n) is 1.45. The van der Waals surface area contributed by atoms with Crippen molar-refractivity contribution >= 4 is 35.2 Å². The second-order valence-corrected chi connectivity index (χ2v) is 4.77. The lowest BCUT2D eigenvalue weighted by atomic mass is 10.1. The van der Waals surface area contributed by atoms with Crippen molar-refractivity contribution < 1.29 is 14.7 Å². The predicted molar refractivity (Wildman–Crippen MR) is 67.1 cm³/mol. The van der Waals surface area contributed by atoms with E-state index in [0.717, 1.165) is 11.8 Å². The summed E-state index contributed by atoms with van der Waals surface area (Å²) in [7, 11) is 0. The van der Waals surface area contributed by atoms with E-state index in [4.69, 9.17) is 16.7 Å². The summed E-state index contributed by atoms with van der Waals surface area (Å²) in [5.74, 6) is -1.03. The second-order valence-electron chi connectivity index (χ2n) is 3.39. The third kappa shape index (κ3) is 2.54. The molecule has 0 atom stereocenters. The molecule has 2 rings (SSSR count). The van der Waals surface area contributed by atoms with Gasteiger partial charge in [-0.3, -0.25) is 4.79 Å². The van der Waals surface area contributed by atoms with Crippen LogP contribution >= 0.6 is 22.9 Å². The van der Waals surface area contributed by atoms with Crippen molar-refractivity contribution in [2.24, 2.45) is 0 Å². The van der Waals surface area contributed by atoms with Gasteiger partial charge in [-0.05, 0) is 40.8 Å². The van der Waals surface area contributed by atoms with Crippen molar-refractivity contribution in [2.45, 2.75) is 0 Å². The number of carboxylic acid groups (broad SMARTS) is 1. The SMILES string of the molecule is O=Cc1cc(-c2cc(Cl)cc(C(=O)O)c2)cs1. The summed E-state index contributed by atoms with van der Waals surface area (Å²) < 4.78 is 0. The number of benzene rings is 1. The van der Waals surface area contributed by atoms with Gasteiger partial charge in [-0.2, -0.15) is 0 Å². The Labute approximate surface area is 106 Å². The van der Waals surface area contributed by atoms with Crippen molar-refractivity contribution in [3.8, 4) is 11.1 Å². The first kappa shape index (κ1) is 11.8. The Morgan fingerprint density at radius 3 is 2.59 bits per heavy atom. The Balaban J connectivity index is 2.51. The van der Waals surface area contributed by atoms with Gasteiger partial charge < -0.3 is 5.11 Å². The third-order valence-electron chi connectivity index (χ3n) is 2.21. The van der Waals surface area contributed by atoms with Crippen LogP contribution in [0.15, 0.2) is 29.6 Å². The summed E-state index contributed by atoms with van der Waals surface area (Å²) in [6, 6.07) is 6.30. The van der Waals surface area contributed by atoms with Crippen LogP contribution in [0.25, 0.3) is 11.1 Å². The van der Waals surface area contributed by atoms with E-state index >= 15 is 0 Å². The average molecular weight is 267 g/mol. The topological polar surface area (TPSA) is 54.4 Å². The number of carbonyl (C=O) groups is 2. The molecule has 0 spiro atoms. The van der Waals surface area contributed by atoms with Gasteiger partial charge in [-0.25, -0.2) is 4.79 Å². The summed E-state index contributed by atoms with van der Waals surface area (Å²) in [6.07, 6.45) is 0.761. The molecule has 1 N–H and O–H groups in total. The number of hydrogen-bond acceptors (Lipinski definition) is 3. The van der Waals surface area contributed by atoms with E-state index in [1.165, 1.54) is 23.5 Å². The summed E-state index contributed by atoms with van der Waals surface area (Å²) in [6.45, 7) is 0. The molecular weight excluding hydrogens is 260 g/mol. The van der Waals surface area contributed by atoms with Gasteiger partial charge in [-0.1, -0.05) is 11.6 Å². The highest BCUT2D eigenvalue weighted by Crippen LogP contribution is 2.28. The molecule has 0 radical (unpaired) electrons. The first-order valence-electron chi connectivity index (χ1n) is 4.68. The third-order valence-corrected chi connectivity index (χ3v) is 3.29. The molecule has 5 heteroatoms. The van der Waals surface area contributed by atoms with Gasteiger partial charge in [0.15, 0.2) is 6.29 Å². The van der Waals surface area contributed by atoms with Crippen molar-refractivity contribution in [2.75, 3.05) is 0 Å². The minimum atomic E-state index is -1.03. The molecular formula is C12H7ClO3S. The molecule has 17 heavy (non-hydrogen) atoms. The Hall–Kier alpha value is -1.65. The van der Waals surface area contributed by atoms with Crippen molar-refractivity contribution in [1.82, 2.24) is 0 Å². The van der Waals surface area contributed by atoms with Crippen LogP contribution in [0.1, 0.15) is 20.0 Å². The number of carbonyl (C=O) groups excluding carboxylic acids is 1. The number of carboxylic acids is 1. The summed E-state index contributed by atoms with van der Waals surface area (Å²) in [4.78, 5) is 22.1. The Kier molecular flexibility index (Phi) is 3.26. The summed E-state index contributed by atoms with van der Waals surface area (Å²) >= 11 is 7.16. The van der Waals surface area contributed by atoms with E-state index in [-0.39, 0.29) is 5.56 Å². The molecule has 0 unspecified atom stereocenters. The number of halogens is 1. The Morgan fingerprint density at radius 2 is 2.00 bits per heavy atom. The highest BCUT2D eigenvalue weighted by atomic mass is 35.5. The average Bonchev–Trinajstić information content (AvgIpc) is 2.76. The smallest absolute Gasteiger partial charge is 0.335 e. The molecule has 0 aliphatic heterocycles. The van der Waals surface area contributed by atoms with Crippen LogP contribution in [0, 0.1) is 0 Å². The lowest BCUT2D eigenvalue weighted by Gasteiger charge is -2.01. The van der Waals surface area contributed by atoms with E-state index in [1.54, 1.807) is 17.5 Å². The zero-order chi connectivity index (χ0) is 12.4. The van der Waals surface area contributed by atoms with Gasteiger partial charge in [0.05, 0.1) is 10.4 Å². The maximum absolute atomic E-state index is 10.9. The van der Waals surface area contributed by atoms with Crippen LogP contribution in [0.4, 0.5) is 0 Å². The van der Waals surface area contributed by atoms with Gasteiger partial charge in [0, 0.05) is 5.02 Å². The van der Waals surface area contributed by atoms with Gasteiger partial charge in [-0.15, -0.1) is 11.3 Å². The molecule has 3 nitrogen and oxygen atoms in total. The van der Waals surface area contributed by atoms with Crippen LogP contribution in [0.5, 0.6) is 0 Å². The summed E-state index contributed by atoms with van der Waals surface area (Å²) in [5, 5.41) is 11.1. The number of hydrogen-bond donors (Lipinski definition) is 1. The fraction of sp³-hybridized carbons (Fsp3) is 0. The van der Waals surface area contributed by atoms with Crippen LogP contribution in [0.3, 0.4) is 0 Å². The number of aromatic carboxylic acids is 1. The standard InChI is InChI=1S/C12H7ClO3S/c13-10-2-7(1-8(3-10)12(15)16)9-4-11(5-14)17-6-9/h1-6H,(H,15,16). The van der Waals surface area contributed by atoms with Crippen LogP contribution in [-0.4, -0.2) is 17.4 Å². The van der Waals surface area contributed by atoms with Gasteiger partial charge in [0.25, 0.3) is 0 Å². The molecule has 1 aromatic carbocycles. The normalized spacial score (nSPS) is 10.2. The number of aldehydes is 1. The maximum Gasteiger partial charge on any atom is 0.335 e. The minimum absolute atomic E-state index is 0.131. The van der Waals surface area contributed by atoms with E-state index < -0.39 is 5.97 Å². The molecule has 1 heterocycles. The molecule has 0 aliphatic rings. The van der Waals surface area contributed by atoms with E-state index in [2.05, 4.69) is 0 Å². The molecule has 0 bridgehead atoms. The lowest BCUT2D eigenvalue weighted by Crippen LogP contribution is -1.96. The first-order chi connectivity index (χ1) is 8.10. The zero-order valence-electron chi connectivity index (χ0n) is 8.51. The highest BCUT2D eigenvalue weighted by molar-refractivity contribution is 7.12. The minimum Gasteiger partial charge on any atom is -0.478 e. The monoisotopic (exact) mass is 266 g/mol. The van der Waals surface area contributed by atoms with Gasteiger partial charge >= 0.3 is 5.97 Å². The Bertz CT molecular complexity index is 589. The van der Waals surface area contributed by atoms with Gasteiger partial charge in [0.2, 0.25) is 0 Å². The van der Waals surface area contributed by atoms with Crippen LogP contribution < -0.4 is 0 Å². The van der Waals surface area contributed by atoms with E-state index in [9.17, 15) is 9.59 Å². The number of rotatable bonds is 3. The molecule has 0 saturated carbocycles. The first-order valence-corrected chi connectivity index (χ1v) is 5.94.